The van der Waals surface area contributed by atoms with E-state index in [-0.39, 0.29) is 41.8 Å². The van der Waals surface area contributed by atoms with Crippen molar-refractivity contribution in [3.8, 4) is 0 Å². The van der Waals surface area contributed by atoms with E-state index in [1.807, 2.05) is 18.2 Å². The van der Waals surface area contributed by atoms with Crippen LogP contribution in [0.15, 0.2) is 30.6 Å². The number of anilines is 1. The summed E-state index contributed by atoms with van der Waals surface area (Å²) >= 11 is 5.99. The van der Waals surface area contributed by atoms with Gasteiger partial charge >= 0.3 is 0 Å². The number of fused-ring (bicyclic) bond motifs is 5. The minimum Gasteiger partial charge on any atom is -0.373 e. The zero-order valence-electron chi connectivity index (χ0n) is 13.2. The number of hydrogen-bond acceptors (Lipinski definition) is 5. The summed E-state index contributed by atoms with van der Waals surface area (Å²) in [6, 6.07) is 7.43. The highest BCUT2D eigenvalue weighted by atomic mass is 35.5. The number of nitrogens with zero attached hydrogens (tertiary/aromatic N) is 4. The number of carbonyl (C=O) groups excluding carboxylic acids is 2. The lowest BCUT2D eigenvalue weighted by molar-refractivity contribution is -0.124. The van der Waals surface area contributed by atoms with Crippen LogP contribution in [0, 0.1) is 11.8 Å². The van der Waals surface area contributed by atoms with Crippen LogP contribution in [-0.4, -0.2) is 38.8 Å². The predicted molar refractivity (Wildman–Crippen MR) is 87.9 cm³/mol. The van der Waals surface area contributed by atoms with Crippen LogP contribution in [0.4, 0.5) is 5.95 Å². The van der Waals surface area contributed by atoms with Gasteiger partial charge in [-0.3, -0.25) is 9.59 Å². The first-order chi connectivity index (χ1) is 12.1. The van der Waals surface area contributed by atoms with E-state index in [1.54, 1.807) is 10.7 Å². The molecule has 0 saturated carbocycles. The lowest BCUT2D eigenvalue weighted by Gasteiger charge is -2.14. The molecule has 8 heteroatoms. The molecule has 3 aliphatic rings. The van der Waals surface area contributed by atoms with Crippen molar-refractivity contribution in [1.29, 1.82) is 0 Å². The lowest BCUT2D eigenvalue weighted by Crippen LogP contribution is -2.35. The van der Waals surface area contributed by atoms with Gasteiger partial charge in [-0.2, -0.15) is 4.98 Å². The summed E-state index contributed by atoms with van der Waals surface area (Å²) in [5.41, 5.74) is 0.964. The molecule has 2 bridgehead atoms. The Hall–Kier alpha value is -2.25. The average Bonchev–Trinajstić information content (AvgIpc) is 3.33. The molecule has 128 valence electrons. The Labute approximate surface area is 148 Å². The smallest absolute Gasteiger partial charge is 0.258 e. The van der Waals surface area contributed by atoms with Crippen molar-refractivity contribution in [3.63, 3.8) is 0 Å². The number of rotatable bonds is 3. The second-order valence-corrected chi connectivity index (χ2v) is 7.16. The maximum absolute atomic E-state index is 12.7. The summed E-state index contributed by atoms with van der Waals surface area (Å²) < 4.78 is 7.33. The molecule has 7 nitrogen and oxygen atoms in total. The van der Waals surface area contributed by atoms with E-state index in [0.717, 1.165) is 23.3 Å². The summed E-state index contributed by atoms with van der Waals surface area (Å²) in [6.07, 6.45) is 2.94. The number of hydrogen-bond donors (Lipinski definition) is 0. The Kier molecular flexibility index (Phi) is 3.23. The standard InChI is InChI=1S/C17H15ClN4O3/c18-10-3-1-2-9(6-10)7-21-8-19-17(20-21)22-15(23)13-11-4-5-12(25-11)14(13)16(22)24/h1-3,6,8,11-14H,4-5,7H2/t11-,12-,13-,14-/m1/s1. The molecule has 3 fully saturated rings. The Morgan fingerprint density at radius 2 is 1.88 bits per heavy atom. The number of ether oxygens (including phenoxy) is 1. The van der Waals surface area contributed by atoms with Crippen molar-refractivity contribution in [1.82, 2.24) is 14.8 Å². The topological polar surface area (TPSA) is 77.3 Å². The van der Waals surface area contributed by atoms with Crippen molar-refractivity contribution in [2.24, 2.45) is 11.8 Å². The molecule has 1 aromatic heterocycles. The first-order valence-electron chi connectivity index (χ1n) is 8.29. The second-order valence-electron chi connectivity index (χ2n) is 6.73. The van der Waals surface area contributed by atoms with E-state index in [4.69, 9.17) is 16.3 Å². The molecular formula is C17H15ClN4O3. The van der Waals surface area contributed by atoms with Crippen LogP contribution >= 0.6 is 11.6 Å². The third-order valence-corrected chi connectivity index (χ3v) is 5.48. The van der Waals surface area contributed by atoms with E-state index < -0.39 is 0 Å². The van der Waals surface area contributed by atoms with E-state index in [9.17, 15) is 9.59 Å². The van der Waals surface area contributed by atoms with Crippen molar-refractivity contribution < 1.29 is 14.3 Å². The number of imide groups is 1. The Morgan fingerprint density at radius 1 is 1.16 bits per heavy atom. The van der Waals surface area contributed by atoms with Crippen LogP contribution in [0.5, 0.6) is 0 Å². The molecule has 3 saturated heterocycles. The molecule has 2 aromatic rings. The minimum atomic E-state index is -0.369. The van der Waals surface area contributed by atoms with Gasteiger partial charge in [-0.05, 0) is 30.5 Å². The van der Waals surface area contributed by atoms with Crippen molar-refractivity contribution in [2.45, 2.75) is 31.6 Å². The Bertz CT molecular complexity index is 854. The van der Waals surface area contributed by atoms with E-state index >= 15 is 0 Å². The first-order valence-corrected chi connectivity index (χ1v) is 8.67. The molecule has 0 radical (unpaired) electrons. The molecule has 0 spiro atoms. The summed E-state index contributed by atoms with van der Waals surface area (Å²) in [5.74, 6) is -1.06. The molecule has 3 aliphatic heterocycles. The Balaban J connectivity index is 1.40. The highest BCUT2D eigenvalue weighted by Crippen LogP contribution is 2.48. The normalized spacial score (nSPS) is 30.4. The van der Waals surface area contributed by atoms with E-state index in [2.05, 4.69) is 10.1 Å². The zero-order valence-corrected chi connectivity index (χ0v) is 14.0. The largest absolute Gasteiger partial charge is 0.373 e. The maximum atomic E-state index is 12.7. The van der Waals surface area contributed by atoms with Crippen molar-refractivity contribution in [2.75, 3.05) is 4.90 Å². The molecule has 4 heterocycles. The molecule has 1 aromatic carbocycles. The fraction of sp³-hybridized carbons (Fsp3) is 0.412. The van der Waals surface area contributed by atoms with E-state index in [1.165, 1.54) is 6.33 Å². The van der Waals surface area contributed by atoms with Gasteiger partial charge in [0, 0.05) is 5.02 Å². The quantitative estimate of drug-likeness (QED) is 0.780. The van der Waals surface area contributed by atoms with E-state index in [0.29, 0.717) is 11.6 Å². The molecule has 5 rings (SSSR count). The highest BCUT2D eigenvalue weighted by Gasteiger charge is 2.63. The van der Waals surface area contributed by atoms with Gasteiger partial charge in [0.2, 0.25) is 11.8 Å². The summed E-state index contributed by atoms with van der Waals surface area (Å²) in [6.45, 7) is 0.463. The number of carbonyl (C=O) groups is 2. The van der Waals surface area contributed by atoms with Gasteiger partial charge in [-0.25, -0.2) is 9.58 Å². The minimum absolute atomic E-state index is 0.134. The molecule has 0 aliphatic carbocycles. The number of amides is 2. The number of benzene rings is 1. The SMILES string of the molecule is O=C1[C@H]2[C@H](C(=O)N1c1ncn(Cc3cccc(Cl)c3)n1)[C@H]1CC[C@H]2O1. The van der Waals surface area contributed by atoms with Gasteiger partial charge in [0.05, 0.1) is 30.6 Å². The first kappa shape index (κ1) is 15.0. The predicted octanol–water partition coefficient (Wildman–Crippen LogP) is 1.65. The molecule has 0 N–H and O–H groups in total. The number of halogens is 1. The maximum Gasteiger partial charge on any atom is 0.258 e. The van der Waals surface area contributed by atoms with Crippen molar-refractivity contribution in [3.05, 3.63) is 41.2 Å². The van der Waals surface area contributed by atoms with Gasteiger partial charge in [-0.15, -0.1) is 5.10 Å². The van der Waals surface area contributed by atoms with Gasteiger partial charge in [0.15, 0.2) is 0 Å². The zero-order chi connectivity index (χ0) is 17.1. The molecule has 0 unspecified atom stereocenters. The highest BCUT2D eigenvalue weighted by molar-refractivity contribution is 6.30. The average molecular weight is 359 g/mol. The third-order valence-electron chi connectivity index (χ3n) is 5.24. The fourth-order valence-electron chi connectivity index (χ4n) is 4.19. The van der Waals surface area contributed by atoms with Crippen LogP contribution in [0.3, 0.4) is 0 Å². The summed E-state index contributed by atoms with van der Waals surface area (Å²) in [5, 5.41) is 4.97. The van der Waals surface area contributed by atoms with Gasteiger partial charge in [0.1, 0.15) is 6.33 Å². The van der Waals surface area contributed by atoms with Crippen LogP contribution in [0.25, 0.3) is 0 Å². The molecular weight excluding hydrogens is 344 g/mol. The fourth-order valence-corrected chi connectivity index (χ4v) is 4.41. The van der Waals surface area contributed by atoms with Gasteiger partial charge < -0.3 is 4.74 Å². The second kappa shape index (κ2) is 5.37. The molecule has 25 heavy (non-hydrogen) atoms. The molecule has 4 atom stereocenters. The monoisotopic (exact) mass is 358 g/mol. The van der Waals surface area contributed by atoms with Crippen LogP contribution in [-0.2, 0) is 20.9 Å². The molecule has 2 amide bonds. The number of aromatic nitrogens is 3. The summed E-state index contributed by atoms with van der Waals surface area (Å²) in [7, 11) is 0. The van der Waals surface area contributed by atoms with Crippen LogP contribution in [0.2, 0.25) is 5.02 Å². The lowest BCUT2D eigenvalue weighted by atomic mass is 9.81. The third kappa shape index (κ3) is 2.22. The Morgan fingerprint density at radius 3 is 2.56 bits per heavy atom. The van der Waals surface area contributed by atoms with Crippen LogP contribution in [0.1, 0.15) is 18.4 Å². The van der Waals surface area contributed by atoms with Crippen LogP contribution < -0.4 is 4.90 Å². The van der Waals surface area contributed by atoms with Gasteiger partial charge in [0.25, 0.3) is 5.95 Å². The summed E-state index contributed by atoms with van der Waals surface area (Å²) in [4.78, 5) is 30.8. The van der Waals surface area contributed by atoms with Gasteiger partial charge in [-0.1, -0.05) is 23.7 Å². The van der Waals surface area contributed by atoms with Crippen molar-refractivity contribution >= 4 is 29.4 Å².